The number of nitrogens with zero attached hydrogens (tertiary/aromatic N) is 1. The van der Waals surface area contributed by atoms with Gasteiger partial charge in [0, 0.05) is 12.8 Å². The molecule has 0 saturated heterocycles. The van der Waals surface area contributed by atoms with Gasteiger partial charge in [-0.3, -0.25) is 9.59 Å². The molecule has 2 N–H and O–H groups in total. The third-order valence-electron chi connectivity index (χ3n) is 1.69. The summed E-state index contributed by atoms with van der Waals surface area (Å²) in [7, 11) is 0. The van der Waals surface area contributed by atoms with Gasteiger partial charge in [-0.15, -0.1) is 0 Å². The molecule has 0 aromatic rings. The van der Waals surface area contributed by atoms with Gasteiger partial charge in [-0.2, -0.15) is 4.91 Å². The molecule has 1 atom stereocenters. The highest BCUT2D eigenvalue weighted by Crippen LogP contribution is 1.98. The second-order valence-electron chi connectivity index (χ2n) is 2.86. The fraction of sp³-hybridized carbons (Fsp3) is 0.750. The highest BCUT2D eigenvalue weighted by molar-refractivity contribution is 5.76. The topological polar surface area (TPSA) is 95.8 Å². The van der Waals surface area contributed by atoms with Crippen molar-refractivity contribution in [1.82, 2.24) is 5.32 Å². The predicted molar refractivity (Wildman–Crippen MR) is 49.8 cm³/mol. The van der Waals surface area contributed by atoms with Crippen LogP contribution in [0.4, 0.5) is 0 Å². The van der Waals surface area contributed by atoms with Crippen LogP contribution in [0.1, 0.15) is 26.2 Å². The molecule has 0 aliphatic heterocycles. The molecule has 0 rings (SSSR count). The molecular weight excluding hydrogens is 188 g/mol. The summed E-state index contributed by atoms with van der Waals surface area (Å²) in [6.07, 6.45) is 0.458. The molecule has 0 aliphatic carbocycles. The van der Waals surface area contributed by atoms with E-state index in [1.807, 2.05) is 0 Å². The van der Waals surface area contributed by atoms with Gasteiger partial charge in [0.15, 0.2) is 0 Å². The summed E-state index contributed by atoms with van der Waals surface area (Å²) < 4.78 is 0. The number of hydrogen-bond acceptors (Lipinski definition) is 4. The number of nitrogens with one attached hydrogen (secondary N) is 1. The SMILES string of the molecule is CCC(=O)NC(CCC(=O)O)CN=O. The van der Waals surface area contributed by atoms with Crippen LogP contribution in [0.15, 0.2) is 5.18 Å². The number of carboxylic acids is 1. The Kier molecular flexibility index (Phi) is 6.26. The Morgan fingerprint density at radius 1 is 1.50 bits per heavy atom. The maximum atomic E-state index is 10.9. The summed E-state index contributed by atoms with van der Waals surface area (Å²) in [6.45, 7) is 1.59. The normalized spacial score (nSPS) is 11.8. The van der Waals surface area contributed by atoms with Crippen LogP contribution < -0.4 is 5.32 Å². The number of aliphatic carboxylic acids is 1. The summed E-state index contributed by atoms with van der Waals surface area (Å²) in [5.74, 6) is -1.16. The first kappa shape index (κ1) is 12.5. The van der Waals surface area contributed by atoms with Gasteiger partial charge >= 0.3 is 5.97 Å². The molecule has 0 bridgehead atoms. The monoisotopic (exact) mass is 202 g/mol. The maximum Gasteiger partial charge on any atom is 0.303 e. The van der Waals surface area contributed by atoms with E-state index in [0.717, 1.165) is 0 Å². The van der Waals surface area contributed by atoms with Gasteiger partial charge in [0.1, 0.15) is 6.54 Å². The zero-order valence-electron chi connectivity index (χ0n) is 8.02. The Bertz CT molecular complexity index is 217. The van der Waals surface area contributed by atoms with Crippen molar-refractivity contribution >= 4 is 11.9 Å². The molecule has 0 radical (unpaired) electrons. The Labute approximate surface area is 81.7 Å². The van der Waals surface area contributed by atoms with Crippen molar-refractivity contribution in [3.05, 3.63) is 4.91 Å². The van der Waals surface area contributed by atoms with Crippen LogP contribution in [0.3, 0.4) is 0 Å². The van der Waals surface area contributed by atoms with E-state index in [1.165, 1.54) is 0 Å². The van der Waals surface area contributed by atoms with Crippen LogP contribution in [-0.4, -0.2) is 29.6 Å². The van der Waals surface area contributed by atoms with Crippen molar-refractivity contribution in [2.75, 3.05) is 6.54 Å². The van der Waals surface area contributed by atoms with Crippen LogP contribution in [0.25, 0.3) is 0 Å². The molecule has 14 heavy (non-hydrogen) atoms. The van der Waals surface area contributed by atoms with Crippen LogP contribution in [-0.2, 0) is 9.59 Å². The molecule has 0 fully saturated rings. The van der Waals surface area contributed by atoms with Crippen molar-refractivity contribution in [1.29, 1.82) is 0 Å². The van der Waals surface area contributed by atoms with Gasteiger partial charge in [0.05, 0.1) is 6.04 Å². The van der Waals surface area contributed by atoms with E-state index in [9.17, 15) is 14.5 Å². The van der Waals surface area contributed by atoms with E-state index >= 15 is 0 Å². The molecule has 0 spiro atoms. The van der Waals surface area contributed by atoms with E-state index in [-0.39, 0.29) is 25.3 Å². The summed E-state index contributed by atoms with van der Waals surface area (Å²) in [4.78, 5) is 31.2. The molecule has 1 amide bonds. The minimum absolute atomic E-state index is 0.0792. The van der Waals surface area contributed by atoms with E-state index in [0.29, 0.717) is 6.42 Å². The Hall–Kier alpha value is -1.46. The molecule has 6 nitrogen and oxygen atoms in total. The lowest BCUT2D eigenvalue weighted by atomic mass is 10.1. The second-order valence-corrected chi connectivity index (χ2v) is 2.86. The summed E-state index contributed by atoms with van der Waals surface area (Å²) in [5.41, 5.74) is 0. The lowest BCUT2D eigenvalue weighted by molar-refractivity contribution is -0.137. The standard InChI is InChI=1S/C8H14N2O4/c1-2-7(11)10-6(5-9-14)3-4-8(12)13/h6H,2-5H2,1H3,(H,10,11)(H,12,13). The number of carboxylic acid groups (broad SMARTS) is 1. The van der Waals surface area contributed by atoms with Gasteiger partial charge < -0.3 is 10.4 Å². The van der Waals surface area contributed by atoms with Gasteiger partial charge in [-0.1, -0.05) is 12.1 Å². The highest BCUT2D eigenvalue weighted by Gasteiger charge is 2.12. The van der Waals surface area contributed by atoms with Crippen molar-refractivity contribution in [2.24, 2.45) is 5.18 Å². The second kappa shape index (κ2) is 6.99. The molecule has 80 valence electrons. The number of carbonyl (C=O) groups is 2. The van der Waals surface area contributed by atoms with Gasteiger partial charge in [-0.05, 0) is 6.42 Å². The van der Waals surface area contributed by atoms with Crippen LogP contribution in [0.5, 0.6) is 0 Å². The molecule has 1 unspecified atom stereocenters. The van der Waals surface area contributed by atoms with E-state index in [2.05, 4.69) is 10.5 Å². The Morgan fingerprint density at radius 3 is 2.57 bits per heavy atom. The first-order valence-electron chi connectivity index (χ1n) is 4.40. The maximum absolute atomic E-state index is 10.9. The van der Waals surface area contributed by atoms with Crippen molar-refractivity contribution < 1.29 is 14.7 Å². The van der Waals surface area contributed by atoms with Gasteiger partial charge in [0.25, 0.3) is 0 Å². The summed E-state index contributed by atoms with van der Waals surface area (Å²) in [5, 5.41) is 13.6. The number of amides is 1. The number of hydrogen-bond donors (Lipinski definition) is 2. The first-order chi connectivity index (χ1) is 6.60. The molecule has 0 saturated carbocycles. The average molecular weight is 202 g/mol. The fourth-order valence-electron chi connectivity index (χ4n) is 0.927. The van der Waals surface area contributed by atoms with Crippen LogP contribution >= 0.6 is 0 Å². The molecule has 0 heterocycles. The zero-order valence-corrected chi connectivity index (χ0v) is 8.02. The lowest BCUT2D eigenvalue weighted by Gasteiger charge is -2.13. The number of nitroso groups, excluding NO2 is 1. The quantitative estimate of drug-likeness (QED) is 0.588. The molecule has 0 aromatic heterocycles. The lowest BCUT2D eigenvalue weighted by Crippen LogP contribution is -2.36. The minimum atomic E-state index is -0.952. The van der Waals surface area contributed by atoms with Crippen LogP contribution in [0, 0.1) is 4.91 Å². The molecule has 6 heteroatoms. The summed E-state index contributed by atoms with van der Waals surface area (Å²) in [6, 6.07) is -0.462. The number of rotatable bonds is 7. The van der Waals surface area contributed by atoms with E-state index < -0.39 is 12.0 Å². The third kappa shape index (κ3) is 6.10. The zero-order chi connectivity index (χ0) is 11.0. The minimum Gasteiger partial charge on any atom is -0.481 e. The Balaban J connectivity index is 3.94. The average Bonchev–Trinajstić information content (AvgIpc) is 2.14. The molecule has 0 aliphatic rings. The smallest absolute Gasteiger partial charge is 0.303 e. The summed E-state index contributed by atoms with van der Waals surface area (Å²) >= 11 is 0. The van der Waals surface area contributed by atoms with Gasteiger partial charge in [-0.25, -0.2) is 0 Å². The van der Waals surface area contributed by atoms with E-state index in [4.69, 9.17) is 5.11 Å². The largest absolute Gasteiger partial charge is 0.481 e. The van der Waals surface area contributed by atoms with Crippen molar-refractivity contribution in [3.63, 3.8) is 0 Å². The highest BCUT2D eigenvalue weighted by atomic mass is 16.4. The molecular formula is C8H14N2O4. The van der Waals surface area contributed by atoms with Crippen molar-refractivity contribution in [3.8, 4) is 0 Å². The Morgan fingerprint density at radius 2 is 2.14 bits per heavy atom. The first-order valence-corrected chi connectivity index (χ1v) is 4.40. The number of carbonyl (C=O) groups excluding carboxylic acids is 1. The predicted octanol–water partition coefficient (Wildman–Crippen LogP) is 0.512. The van der Waals surface area contributed by atoms with Gasteiger partial charge in [0.2, 0.25) is 5.91 Å². The fourth-order valence-corrected chi connectivity index (χ4v) is 0.927. The van der Waals surface area contributed by atoms with Crippen molar-refractivity contribution in [2.45, 2.75) is 32.2 Å². The third-order valence-corrected chi connectivity index (χ3v) is 1.69. The van der Waals surface area contributed by atoms with E-state index in [1.54, 1.807) is 6.92 Å². The molecule has 0 aromatic carbocycles. The van der Waals surface area contributed by atoms with Crippen LogP contribution in [0.2, 0.25) is 0 Å².